The second-order valence-electron chi connectivity index (χ2n) is 8.78. The highest BCUT2D eigenvalue weighted by molar-refractivity contribution is 6.30. The molecule has 2 aromatic carbocycles. The average Bonchev–Trinajstić information content (AvgIpc) is 3.41. The van der Waals surface area contributed by atoms with E-state index in [1.54, 1.807) is 12.1 Å². The molecular weight excluding hydrogens is 527 g/mol. The maximum atomic E-state index is 13.1. The van der Waals surface area contributed by atoms with Crippen molar-refractivity contribution in [3.8, 4) is 17.1 Å². The predicted octanol–water partition coefficient (Wildman–Crippen LogP) is 3.14. The zero-order chi connectivity index (χ0) is 27.8. The molecule has 2 aromatic heterocycles. The molecule has 38 heavy (non-hydrogen) atoms. The maximum absolute atomic E-state index is 13.1. The van der Waals surface area contributed by atoms with E-state index in [9.17, 15) is 27.9 Å². The van der Waals surface area contributed by atoms with Gasteiger partial charge < -0.3 is 10.8 Å². The van der Waals surface area contributed by atoms with Crippen LogP contribution in [0.5, 0.6) is 0 Å². The molecule has 0 aliphatic carbocycles. The number of primary amides is 1. The average molecular weight is 550 g/mol. The predicted molar refractivity (Wildman–Crippen MR) is 132 cm³/mol. The van der Waals surface area contributed by atoms with E-state index in [-0.39, 0.29) is 29.9 Å². The number of carbonyl (C=O) groups excluding carboxylic acids is 1. The normalized spacial score (nSPS) is 12.7. The van der Waals surface area contributed by atoms with Crippen LogP contribution in [-0.4, -0.2) is 52.4 Å². The van der Waals surface area contributed by atoms with Gasteiger partial charge in [-0.1, -0.05) is 43.6 Å². The Labute approximate surface area is 219 Å². The standard InChI is InChI=1S/C24H23ClF3N7O3/c1-13(2)16-5-3-4-6-17(16)35-22(20(29)37)30-19(31-35)12-34-23(38)33(11-18(36)24(26,27)28)21(32-34)14-7-9-15(25)10-8-14/h3-10,13,18,36H,11-12H2,1-2H3,(H2,29,37). The van der Waals surface area contributed by atoms with Crippen LogP contribution in [-0.2, 0) is 13.1 Å². The van der Waals surface area contributed by atoms with Crippen molar-refractivity contribution >= 4 is 17.5 Å². The molecule has 0 bridgehead atoms. The largest absolute Gasteiger partial charge is 0.416 e. The Balaban J connectivity index is 1.79. The van der Waals surface area contributed by atoms with Gasteiger partial charge in [0.2, 0.25) is 5.82 Å². The number of amides is 1. The van der Waals surface area contributed by atoms with Crippen LogP contribution in [0.3, 0.4) is 0 Å². The highest BCUT2D eigenvalue weighted by Crippen LogP contribution is 2.25. The Morgan fingerprint density at radius 3 is 2.37 bits per heavy atom. The first kappa shape index (κ1) is 27.1. The second kappa shape index (κ2) is 10.4. The lowest BCUT2D eigenvalue weighted by atomic mass is 10.0. The molecule has 14 heteroatoms. The van der Waals surface area contributed by atoms with Gasteiger partial charge in [-0.2, -0.15) is 13.2 Å². The molecule has 0 fully saturated rings. The molecule has 1 unspecified atom stereocenters. The van der Waals surface area contributed by atoms with E-state index in [1.165, 1.54) is 28.9 Å². The van der Waals surface area contributed by atoms with Gasteiger partial charge >= 0.3 is 11.9 Å². The van der Waals surface area contributed by atoms with Crippen LogP contribution in [0, 0.1) is 0 Å². The van der Waals surface area contributed by atoms with Gasteiger partial charge in [0, 0.05) is 10.6 Å². The zero-order valence-electron chi connectivity index (χ0n) is 20.2. The van der Waals surface area contributed by atoms with E-state index in [2.05, 4.69) is 15.2 Å². The molecule has 4 rings (SSSR count). The van der Waals surface area contributed by atoms with Gasteiger partial charge in [0.15, 0.2) is 17.8 Å². The third kappa shape index (κ3) is 5.48. The highest BCUT2D eigenvalue weighted by atomic mass is 35.5. The minimum absolute atomic E-state index is 0.0249. The van der Waals surface area contributed by atoms with Crippen LogP contribution in [0.2, 0.25) is 5.02 Å². The van der Waals surface area contributed by atoms with Crippen LogP contribution in [0.1, 0.15) is 41.8 Å². The molecule has 0 aliphatic heterocycles. The molecule has 0 spiro atoms. The fraction of sp³-hybridized carbons (Fsp3) is 0.292. The molecule has 200 valence electrons. The number of carbonyl (C=O) groups is 1. The lowest BCUT2D eigenvalue weighted by Crippen LogP contribution is -2.37. The van der Waals surface area contributed by atoms with E-state index in [0.29, 0.717) is 20.8 Å². The van der Waals surface area contributed by atoms with Crippen molar-refractivity contribution in [2.75, 3.05) is 0 Å². The maximum Gasteiger partial charge on any atom is 0.416 e. The SMILES string of the molecule is CC(C)c1ccccc1-n1nc(Cn2nc(-c3ccc(Cl)cc3)n(CC(O)C(F)(F)F)c2=O)nc1C(N)=O. The lowest BCUT2D eigenvalue weighted by Gasteiger charge is -2.15. The number of halogens is 4. The highest BCUT2D eigenvalue weighted by Gasteiger charge is 2.39. The third-order valence-corrected chi connectivity index (χ3v) is 5.96. The van der Waals surface area contributed by atoms with Crippen LogP contribution in [0.15, 0.2) is 53.3 Å². The summed E-state index contributed by atoms with van der Waals surface area (Å²) in [6.45, 7) is 2.45. The van der Waals surface area contributed by atoms with Crippen molar-refractivity contribution in [3.05, 3.63) is 81.3 Å². The van der Waals surface area contributed by atoms with Crippen LogP contribution in [0.4, 0.5) is 13.2 Å². The summed E-state index contributed by atoms with van der Waals surface area (Å²) < 4.78 is 42.1. The Hall–Kier alpha value is -3.97. The molecule has 4 aromatic rings. The minimum Gasteiger partial charge on any atom is -0.382 e. The third-order valence-electron chi connectivity index (χ3n) is 5.71. The monoisotopic (exact) mass is 549 g/mol. The van der Waals surface area contributed by atoms with Gasteiger partial charge in [0.05, 0.1) is 12.2 Å². The van der Waals surface area contributed by atoms with Gasteiger partial charge in [0.25, 0.3) is 5.91 Å². The van der Waals surface area contributed by atoms with Crippen molar-refractivity contribution in [1.29, 1.82) is 0 Å². The number of hydrogen-bond donors (Lipinski definition) is 2. The van der Waals surface area contributed by atoms with E-state index < -0.39 is 30.4 Å². The zero-order valence-corrected chi connectivity index (χ0v) is 21.0. The molecule has 0 radical (unpaired) electrons. The number of nitrogens with two attached hydrogens (primary N) is 1. The van der Waals surface area contributed by atoms with Gasteiger partial charge in [-0.15, -0.1) is 10.2 Å². The number of aromatic nitrogens is 6. The molecule has 1 amide bonds. The molecular formula is C24H23ClF3N7O3. The molecule has 10 nitrogen and oxygen atoms in total. The Morgan fingerprint density at radius 2 is 1.76 bits per heavy atom. The summed E-state index contributed by atoms with van der Waals surface area (Å²) in [5.74, 6) is -1.14. The number of rotatable bonds is 8. The first-order chi connectivity index (χ1) is 17.9. The van der Waals surface area contributed by atoms with Crippen molar-refractivity contribution in [2.45, 2.75) is 45.1 Å². The molecule has 0 saturated carbocycles. The summed E-state index contributed by atoms with van der Waals surface area (Å²) in [7, 11) is 0. The number of alkyl halides is 3. The van der Waals surface area contributed by atoms with Gasteiger partial charge in [-0.25, -0.2) is 19.1 Å². The van der Waals surface area contributed by atoms with Crippen molar-refractivity contribution in [1.82, 2.24) is 29.1 Å². The summed E-state index contributed by atoms with van der Waals surface area (Å²) in [5, 5.41) is 18.6. The summed E-state index contributed by atoms with van der Waals surface area (Å²) in [4.78, 5) is 29.5. The van der Waals surface area contributed by atoms with E-state index in [0.717, 1.165) is 10.2 Å². The summed E-state index contributed by atoms with van der Waals surface area (Å²) >= 11 is 5.91. The molecule has 1 atom stereocenters. The van der Waals surface area contributed by atoms with Crippen LogP contribution < -0.4 is 11.4 Å². The quantitative estimate of drug-likeness (QED) is 0.347. The number of para-hydroxylation sites is 1. The fourth-order valence-corrected chi connectivity index (χ4v) is 3.98. The van der Waals surface area contributed by atoms with Crippen molar-refractivity contribution in [2.24, 2.45) is 5.73 Å². The summed E-state index contributed by atoms with van der Waals surface area (Å²) in [5.41, 5.74) is 6.30. The van der Waals surface area contributed by atoms with Crippen LogP contribution >= 0.6 is 11.6 Å². The van der Waals surface area contributed by atoms with E-state index in [4.69, 9.17) is 17.3 Å². The Morgan fingerprint density at radius 1 is 1.11 bits per heavy atom. The second-order valence-corrected chi connectivity index (χ2v) is 9.22. The fourth-order valence-electron chi connectivity index (χ4n) is 3.85. The summed E-state index contributed by atoms with van der Waals surface area (Å²) in [6, 6.07) is 13.1. The molecule has 2 heterocycles. The number of aliphatic hydroxyl groups is 1. The number of nitrogens with zero attached hydrogens (tertiary/aromatic N) is 6. The summed E-state index contributed by atoms with van der Waals surface area (Å²) in [6.07, 6.45) is -7.77. The number of benzene rings is 2. The number of hydrogen-bond acceptors (Lipinski definition) is 6. The molecule has 3 N–H and O–H groups in total. The molecule has 0 aliphatic rings. The first-order valence-corrected chi connectivity index (χ1v) is 11.8. The molecule has 0 saturated heterocycles. The smallest absolute Gasteiger partial charge is 0.382 e. The topological polar surface area (TPSA) is 134 Å². The van der Waals surface area contributed by atoms with E-state index in [1.807, 2.05) is 26.0 Å². The van der Waals surface area contributed by atoms with Crippen molar-refractivity contribution < 1.29 is 23.1 Å². The van der Waals surface area contributed by atoms with Crippen LogP contribution in [0.25, 0.3) is 17.1 Å². The minimum atomic E-state index is -4.96. The Bertz CT molecular complexity index is 1520. The van der Waals surface area contributed by atoms with Crippen molar-refractivity contribution in [3.63, 3.8) is 0 Å². The van der Waals surface area contributed by atoms with Gasteiger partial charge in [0.1, 0.15) is 6.54 Å². The lowest BCUT2D eigenvalue weighted by molar-refractivity contribution is -0.207. The van der Waals surface area contributed by atoms with E-state index >= 15 is 0 Å². The van der Waals surface area contributed by atoms with Gasteiger partial charge in [-0.3, -0.25) is 9.36 Å². The van der Waals surface area contributed by atoms with Gasteiger partial charge in [-0.05, 0) is 41.8 Å². The Kier molecular flexibility index (Phi) is 7.42. The number of aliphatic hydroxyl groups excluding tert-OH is 1. The first-order valence-electron chi connectivity index (χ1n) is 11.4.